The van der Waals surface area contributed by atoms with Gasteiger partial charge in [0.05, 0.1) is 29.6 Å². The number of ether oxygens (including phenoxy) is 4. The first kappa shape index (κ1) is 43.0. The zero-order chi connectivity index (χ0) is 37.6. The molecular formula is C36H60IN3O10. The number of methoxy groups -OCH3 is 1. The van der Waals surface area contributed by atoms with Crippen molar-refractivity contribution in [3.63, 3.8) is 0 Å². The average Bonchev–Trinajstić information content (AvgIpc) is 3.09. The number of rotatable bonds is 8. The van der Waals surface area contributed by atoms with E-state index in [4.69, 9.17) is 30.2 Å². The summed E-state index contributed by atoms with van der Waals surface area (Å²) in [6.45, 7) is 14.0. The number of oxime groups is 1. The maximum Gasteiger partial charge on any atom is 0.317 e. The smallest absolute Gasteiger partial charge is 0.317 e. The molecule has 3 aliphatic rings. The van der Waals surface area contributed by atoms with Crippen molar-refractivity contribution >= 4 is 40.1 Å². The number of alkyl halides is 1. The molecule has 286 valence electrons. The number of cyclic esters (lactones) is 1. The zero-order valence-electron chi connectivity index (χ0n) is 31.1. The highest BCUT2D eigenvalue weighted by atomic mass is 127. The number of piperidine rings is 1. The van der Waals surface area contributed by atoms with Crippen LogP contribution < -0.4 is 5.32 Å². The highest BCUT2D eigenvalue weighted by Gasteiger charge is 2.51. The van der Waals surface area contributed by atoms with Crippen LogP contribution in [0.15, 0.2) is 5.16 Å². The number of aliphatic hydroxyl groups excluding tert-OH is 2. The number of hydrogen-bond donors (Lipinski definition) is 4. The van der Waals surface area contributed by atoms with Crippen LogP contribution in [0.2, 0.25) is 0 Å². The minimum atomic E-state index is -1.91. The van der Waals surface area contributed by atoms with Gasteiger partial charge in [0.15, 0.2) is 16.2 Å². The Bertz CT molecular complexity index is 1210. The molecule has 0 unspecified atom stereocenters. The van der Waals surface area contributed by atoms with Crippen molar-refractivity contribution in [2.24, 2.45) is 28.8 Å². The lowest BCUT2D eigenvalue weighted by Gasteiger charge is -2.47. The molecule has 4 N–H and O–H groups in total. The Morgan fingerprint density at radius 3 is 2.44 bits per heavy atom. The Morgan fingerprint density at radius 1 is 1.16 bits per heavy atom. The molecule has 14 heteroatoms. The highest BCUT2D eigenvalue weighted by Crippen LogP contribution is 2.39. The SMILES string of the molecule is C#CCCN(C)[C@H]1C[C@@H](C)O[C@@H](O[C@@H]2[C@@H](C)C(=O)[C@@H](C)C(=O)O[C@H](I)[C@@](C)(O)[C@H](O)[C@@H](C)/C(=N/O[C@@H]3CCCNC3)[C@H](C)C[C@@]2(C)OC)[C@@H]1O. The third kappa shape index (κ3) is 10.2. The molecule has 50 heavy (non-hydrogen) atoms. The predicted molar refractivity (Wildman–Crippen MR) is 196 cm³/mol. The van der Waals surface area contributed by atoms with Crippen molar-refractivity contribution in [2.45, 2.75) is 139 Å². The summed E-state index contributed by atoms with van der Waals surface area (Å²) in [6.07, 6.45) is 3.39. The van der Waals surface area contributed by atoms with Crippen LogP contribution in [0.4, 0.5) is 0 Å². The van der Waals surface area contributed by atoms with Crippen LogP contribution in [0, 0.1) is 36.0 Å². The minimum Gasteiger partial charge on any atom is -0.448 e. The van der Waals surface area contributed by atoms with Gasteiger partial charge in [0.1, 0.15) is 23.7 Å². The number of likely N-dealkylation sites (N-methyl/N-ethyl adjacent to an activating group) is 1. The fraction of sp³-hybridized carbons (Fsp3) is 0.861. The largest absolute Gasteiger partial charge is 0.448 e. The average molecular weight is 822 g/mol. The van der Waals surface area contributed by atoms with E-state index < -0.39 is 75.3 Å². The normalized spacial score (nSPS) is 43.6. The summed E-state index contributed by atoms with van der Waals surface area (Å²) >= 11 is 1.77. The molecule has 3 aliphatic heterocycles. The minimum absolute atomic E-state index is 0.178. The number of ketones is 1. The van der Waals surface area contributed by atoms with Gasteiger partial charge in [0.25, 0.3) is 0 Å². The summed E-state index contributed by atoms with van der Waals surface area (Å²) in [5, 5.41) is 42.7. The second-order valence-corrected chi connectivity index (χ2v) is 16.1. The molecule has 0 saturated carbocycles. The lowest BCUT2D eigenvalue weighted by Crippen LogP contribution is -2.60. The van der Waals surface area contributed by atoms with Gasteiger partial charge < -0.3 is 44.4 Å². The van der Waals surface area contributed by atoms with Crippen LogP contribution in [0.25, 0.3) is 0 Å². The number of aliphatic hydroxyl groups is 3. The Labute approximate surface area is 311 Å². The molecule has 0 amide bonds. The molecule has 0 aromatic heterocycles. The van der Waals surface area contributed by atoms with Crippen LogP contribution in [0.1, 0.15) is 80.6 Å². The van der Waals surface area contributed by atoms with E-state index in [9.17, 15) is 24.9 Å². The fourth-order valence-electron chi connectivity index (χ4n) is 7.40. The van der Waals surface area contributed by atoms with Gasteiger partial charge in [0, 0.05) is 50.4 Å². The molecule has 3 rings (SSSR count). The van der Waals surface area contributed by atoms with Gasteiger partial charge in [-0.25, -0.2) is 0 Å². The first-order valence-corrected chi connectivity index (χ1v) is 19.0. The molecule has 0 bridgehead atoms. The van der Waals surface area contributed by atoms with E-state index in [-0.39, 0.29) is 24.7 Å². The van der Waals surface area contributed by atoms with Crippen molar-refractivity contribution < 1.29 is 48.7 Å². The van der Waals surface area contributed by atoms with Crippen molar-refractivity contribution in [1.82, 2.24) is 10.2 Å². The molecule has 3 heterocycles. The Balaban J connectivity index is 2.10. The van der Waals surface area contributed by atoms with Gasteiger partial charge in [-0.1, -0.05) is 25.9 Å². The third-order valence-corrected chi connectivity index (χ3v) is 12.3. The number of carbonyl (C=O) groups excluding carboxylic acids is 2. The van der Waals surface area contributed by atoms with Crippen molar-refractivity contribution in [3.8, 4) is 12.3 Å². The lowest BCUT2D eigenvalue weighted by atomic mass is 9.75. The summed E-state index contributed by atoms with van der Waals surface area (Å²) in [6, 6.07) is -0.330. The number of halogens is 1. The Hall–Kier alpha value is -1.42. The summed E-state index contributed by atoms with van der Waals surface area (Å²) in [7, 11) is 3.41. The summed E-state index contributed by atoms with van der Waals surface area (Å²) in [5.74, 6) is -2.06. The topological polar surface area (TPSA) is 169 Å². The molecule has 3 fully saturated rings. The highest BCUT2D eigenvalue weighted by molar-refractivity contribution is 14.1. The second kappa shape index (κ2) is 18.6. The van der Waals surface area contributed by atoms with E-state index in [2.05, 4.69) is 16.4 Å². The molecular weight excluding hydrogens is 761 g/mol. The van der Waals surface area contributed by atoms with Crippen molar-refractivity contribution in [2.75, 3.05) is 33.8 Å². The fourth-order valence-corrected chi connectivity index (χ4v) is 8.02. The van der Waals surface area contributed by atoms with Crippen LogP contribution in [-0.2, 0) is 33.4 Å². The molecule has 0 radical (unpaired) electrons. The number of hydrogen-bond acceptors (Lipinski definition) is 13. The number of Topliss-reactive ketones (excluding diaryl/α,β-unsaturated/α-hetero) is 1. The van der Waals surface area contributed by atoms with E-state index >= 15 is 0 Å². The number of nitrogens with zero attached hydrogens (tertiary/aromatic N) is 2. The summed E-state index contributed by atoms with van der Waals surface area (Å²) < 4.78 is 23.5. The van der Waals surface area contributed by atoms with Gasteiger partial charge in [-0.3, -0.25) is 14.5 Å². The van der Waals surface area contributed by atoms with E-state index in [1.165, 1.54) is 21.0 Å². The van der Waals surface area contributed by atoms with Gasteiger partial charge in [-0.15, -0.1) is 12.3 Å². The second-order valence-electron chi connectivity index (χ2n) is 14.9. The zero-order valence-corrected chi connectivity index (χ0v) is 33.3. The van der Waals surface area contributed by atoms with E-state index in [0.29, 0.717) is 31.6 Å². The van der Waals surface area contributed by atoms with E-state index in [1.807, 2.05) is 32.7 Å². The summed E-state index contributed by atoms with van der Waals surface area (Å²) in [5.41, 5.74) is -2.67. The standard InChI is InChI=1S/C36H60IN3O10/c1-11-12-16-40(9)26-17-21(3)47-33(29(26)42)48-31-23(5)28(41)24(6)32(44)49-34(37)36(8,45)30(43)22(4)27(20(2)18-35(31,7)46-10)39-50-25-14-13-15-38-19-25/h1,20-26,29-31,33-34,38,42-43,45H,12-19H2,2-10H3/b39-27+/t20-,21-,22+,23+,24-,25-,26+,29-,30-,31-,33+,34+,35-,36+/m1/s1. The maximum atomic E-state index is 14.1. The molecule has 0 spiro atoms. The molecule has 0 aromatic carbocycles. The van der Waals surface area contributed by atoms with E-state index in [0.717, 1.165) is 19.4 Å². The monoisotopic (exact) mass is 821 g/mol. The Morgan fingerprint density at radius 2 is 1.84 bits per heavy atom. The third-order valence-electron chi connectivity index (χ3n) is 10.8. The summed E-state index contributed by atoms with van der Waals surface area (Å²) in [4.78, 5) is 35.5. The number of esters is 1. The Kier molecular flexibility index (Phi) is 16.0. The number of terminal acetylenes is 1. The van der Waals surface area contributed by atoms with Crippen LogP contribution in [0.5, 0.6) is 0 Å². The van der Waals surface area contributed by atoms with Crippen LogP contribution >= 0.6 is 22.6 Å². The molecule has 0 aliphatic carbocycles. The first-order valence-electron chi connectivity index (χ1n) is 17.8. The molecule has 3 saturated heterocycles. The molecule has 14 atom stereocenters. The van der Waals surface area contributed by atoms with Gasteiger partial charge in [-0.2, -0.15) is 0 Å². The number of carbonyl (C=O) groups is 2. The maximum absolute atomic E-state index is 14.1. The molecule has 0 aromatic rings. The number of nitrogens with one attached hydrogen (secondary N) is 1. The van der Waals surface area contributed by atoms with Crippen molar-refractivity contribution in [1.29, 1.82) is 0 Å². The lowest BCUT2D eigenvalue weighted by molar-refractivity contribution is -0.295. The van der Waals surface area contributed by atoms with Gasteiger partial charge in [0.2, 0.25) is 0 Å². The van der Waals surface area contributed by atoms with Crippen LogP contribution in [-0.4, -0.2) is 130 Å². The van der Waals surface area contributed by atoms with Crippen molar-refractivity contribution in [3.05, 3.63) is 0 Å². The quantitative estimate of drug-likeness (QED) is 0.0707. The predicted octanol–water partition coefficient (Wildman–Crippen LogP) is 2.65. The van der Waals surface area contributed by atoms with E-state index in [1.54, 1.807) is 36.4 Å². The van der Waals surface area contributed by atoms with Gasteiger partial charge >= 0.3 is 5.97 Å². The van der Waals surface area contributed by atoms with Crippen LogP contribution in [0.3, 0.4) is 0 Å². The van der Waals surface area contributed by atoms with Gasteiger partial charge in [-0.05, 0) is 89.6 Å². The first-order chi connectivity index (χ1) is 23.4. The molecule has 13 nitrogen and oxygen atoms in total.